The number of aromatic nitrogens is 3. The molecule has 2 unspecified atom stereocenters. The van der Waals surface area contributed by atoms with Gasteiger partial charge in [-0.25, -0.2) is 0 Å². The first kappa shape index (κ1) is 19.9. The Bertz CT molecular complexity index is 706. The average Bonchev–Trinajstić information content (AvgIpc) is 3.09. The summed E-state index contributed by atoms with van der Waals surface area (Å²) in [6, 6.07) is 9.02. The molecule has 0 aliphatic rings. The first-order chi connectivity index (χ1) is 12.5. The van der Waals surface area contributed by atoms with Gasteiger partial charge in [0.15, 0.2) is 5.96 Å². The minimum atomic E-state index is 0.188. The Morgan fingerprint density at radius 2 is 1.96 bits per heavy atom. The second-order valence-corrected chi connectivity index (χ2v) is 6.70. The SMILES string of the molecule is CCc1nncn1CCN=C(NC(C)CC)NC(C)c1ccccc1C. The third-order valence-corrected chi connectivity index (χ3v) is 4.63. The molecule has 0 radical (unpaired) electrons. The Kier molecular flexibility index (Phi) is 7.63. The van der Waals surface area contributed by atoms with E-state index < -0.39 is 0 Å². The summed E-state index contributed by atoms with van der Waals surface area (Å²) in [5.41, 5.74) is 2.57. The zero-order chi connectivity index (χ0) is 18.9. The summed E-state index contributed by atoms with van der Waals surface area (Å²) in [7, 11) is 0. The minimum absolute atomic E-state index is 0.188. The zero-order valence-corrected chi connectivity index (χ0v) is 16.7. The molecule has 0 aliphatic heterocycles. The van der Waals surface area contributed by atoms with Gasteiger partial charge in [-0.05, 0) is 38.3 Å². The lowest BCUT2D eigenvalue weighted by Crippen LogP contribution is -2.43. The van der Waals surface area contributed by atoms with Gasteiger partial charge in [-0.2, -0.15) is 0 Å². The van der Waals surface area contributed by atoms with Crippen LogP contribution in [0.25, 0.3) is 0 Å². The Hall–Kier alpha value is -2.37. The second kappa shape index (κ2) is 9.94. The van der Waals surface area contributed by atoms with E-state index >= 15 is 0 Å². The van der Waals surface area contributed by atoms with Gasteiger partial charge in [0.2, 0.25) is 0 Å². The average molecular weight is 357 g/mol. The Labute approximate surface area is 157 Å². The molecule has 26 heavy (non-hydrogen) atoms. The fraction of sp³-hybridized carbons (Fsp3) is 0.550. The molecule has 1 aromatic heterocycles. The van der Waals surface area contributed by atoms with Crippen LogP contribution in [0.2, 0.25) is 0 Å². The number of hydrogen-bond donors (Lipinski definition) is 2. The van der Waals surface area contributed by atoms with Crippen LogP contribution in [0.1, 0.15) is 57.1 Å². The van der Waals surface area contributed by atoms with E-state index in [1.807, 2.05) is 0 Å². The van der Waals surface area contributed by atoms with Gasteiger partial charge in [0.25, 0.3) is 0 Å². The van der Waals surface area contributed by atoms with Crippen LogP contribution in [0.3, 0.4) is 0 Å². The van der Waals surface area contributed by atoms with Gasteiger partial charge in [0, 0.05) is 19.0 Å². The van der Waals surface area contributed by atoms with Gasteiger partial charge in [-0.1, -0.05) is 38.1 Å². The second-order valence-electron chi connectivity index (χ2n) is 6.70. The predicted molar refractivity (Wildman–Crippen MR) is 107 cm³/mol. The monoisotopic (exact) mass is 356 g/mol. The maximum atomic E-state index is 4.78. The van der Waals surface area contributed by atoms with E-state index in [0.717, 1.165) is 31.2 Å². The fourth-order valence-corrected chi connectivity index (χ4v) is 2.83. The molecule has 0 bridgehead atoms. The number of aliphatic imine (C=N–C) groups is 1. The number of benzene rings is 1. The molecule has 6 nitrogen and oxygen atoms in total. The molecule has 0 aliphatic carbocycles. The molecular formula is C20H32N6. The van der Waals surface area contributed by atoms with Crippen molar-refractivity contribution >= 4 is 5.96 Å². The molecule has 0 fully saturated rings. The molecule has 2 rings (SSSR count). The third kappa shape index (κ3) is 5.58. The van der Waals surface area contributed by atoms with Crippen molar-refractivity contribution in [1.29, 1.82) is 0 Å². The summed E-state index contributed by atoms with van der Waals surface area (Å²) >= 11 is 0. The van der Waals surface area contributed by atoms with Crippen LogP contribution in [0, 0.1) is 6.92 Å². The minimum Gasteiger partial charge on any atom is -0.354 e. The van der Waals surface area contributed by atoms with E-state index in [0.29, 0.717) is 12.6 Å². The summed E-state index contributed by atoms with van der Waals surface area (Å²) in [6.45, 7) is 12.2. The summed E-state index contributed by atoms with van der Waals surface area (Å²) in [5, 5.41) is 15.1. The van der Waals surface area contributed by atoms with E-state index in [2.05, 4.69) is 84.3 Å². The standard InChI is InChI=1S/C20H32N6/c1-6-16(4)23-20(21-12-13-26-14-22-25-19(26)7-2)24-17(5)18-11-9-8-10-15(18)3/h8-11,14,16-17H,6-7,12-13H2,1-5H3,(H2,21,23,24). The van der Waals surface area contributed by atoms with E-state index in [1.54, 1.807) is 6.33 Å². The number of guanidine groups is 1. The van der Waals surface area contributed by atoms with E-state index in [4.69, 9.17) is 4.99 Å². The van der Waals surface area contributed by atoms with Crippen LogP contribution >= 0.6 is 0 Å². The lowest BCUT2D eigenvalue weighted by Gasteiger charge is -2.22. The predicted octanol–water partition coefficient (Wildman–Crippen LogP) is 3.24. The fourth-order valence-electron chi connectivity index (χ4n) is 2.83. The highest BCUT2D eigenvalue weighted by atomic mass is 15.3. The Balaban J connectivity index is 2.06. The summed E-state index contributed by atoms with van der Waals surface area (Å²) < 4.78 is 2.06. The smallest absolute Gasteiger partial charge is 0.192 e. The molecule has 0 saturated carbocycles. The molecule has 1 heterocycles. The van der Waals surface area contributed by atoms with Crippen LogP contribution in [-0.2, 0) is 13.0 Å². The van der Waals surface area contributed by atoms with Crippen molar-refractivity contribution in [2.45, 2.75) is 66.1 Å². The van der Waals surface area contributed by atoms with Gasteiger partial charge in [0.05, 0.1) is 12.6 Å². The van der Waals surface area contributed by atoms with Gasteiger partial charge < -0.3 is 15.2 Å². The van der Waals surface area contributed by atoms with Crippen LogP contribution in [0.4, 0.5) is 0 Å². The molecule has 0 spiro atoms. The molecule has 1 aromatic carbocycles. The molecular weight excluding hydrogens is 324 g/mol. The van der Waals surface area contributed by atoms with E-state index in [9.17, 15) is 0 Å². The molecule has 2 atom stereocenters. The van der Waals surface area contributed by atoms with Crippen LogP contribution in [-0.4, -0.2) is 33.3 Å². The third-order valence-electron chi connectivity index (χ3n) is 4.63. The topological polar surface area (TPSA) is 67.1 Å². The molecule has 0 saturated heterocycles. The van der Waals surface area contributed by atoms with Crippen molar-refractivity contribution in [1.82, 2.24) is 25.4 Å². The van der Waals surface area contributed by atoms with Crippen LogP contribution < -0.4 is 10.6 Å². The van der Waals surface area contributed by atoms with Crippen molar-refractivity contribution in [2.24, 2.45) is 4.99 Å². The van der Waals surface area contributed by atoms with Crippen molar-refractivity contribution in [3.8, 4) is 0 Å². The van der Waals surface area contributed by atoms with Gasteiger partial charge in [-0.3, -0.25) is 4.99 Å². The maximum absolute atomic E-state index is 4.78. The molecule has 2 N–H and O–H groups in total. The van der Waals surface area contributed by atoms with Crippen molar-refractivity contribution in [2.75, 3.05) is 6.54 Å². The highest BCUT2D eigenvalue weighted by molar-refractivity contribution is 5.80. The number of nitrogens with zero attached hydrogens (tertiary/aromatic N) is 4. The number of nitrogens with one attached hydrogen (secondary N) is 2. The lowest BCUT2D eigenvalue weighted by atomic mass is 10.0. The van der Waals surface area contributed by atoms with Crippen molar-refractivity contribution in [3.63, 3.8) is 0 Å². The van der Waals surface area contributed by atoms with Crippen molar-refractivity contribution in [3.05, 3.63) is 47.5 Å². The summed E-state index contributed by atoms with van der Waals surface area (Å²) in [4.78, 5) is 4.78. The maximum Gasteiger partial charge on any atom is 0.192 e. The van der Waals surface area contributed by atoms with Gasteiger partial charge in [-0.15, -0.1) is 10.2 Å². The van der Waals surface area contributed by atoms with Gasteiger partial charge >= 0.3 is 0 Å². The lowest BCUT2D eigenvalue weighted by molar-refractivity contribution is 0.596. The van der Waals surface area contributed by atoms with E-state index in [1.165, 1.54) is 11.1 Å². The normalized spacial score (nSPS) is 14.1. The van der Waals surface area contributed by atoms with E-state index in [-0.39, 0.29) is 6.04 Å². The Morgan fingerprint density at radius 1 is 1.19 bits per heavy atom. The molecule has 6 heteroatoms. The van der Waals surface area contributed by atoms with Crippen LogP contribution in [0.5, 0.6) is 0 Å². The highest BCUT2D eigenvalue weighted by Gasteiger charge is 2.11. The molecule has 0 amide bonds. The highest BCUT2D eigenvalue weighted by Crippen LogP contribution is 2.16. The first-order valence-corrected chi connectivity index (χ1v) is 9.54. The molecule has 2 aromatic rings. The Morgan fingerprint density at radius 3 is 2.65 bits per heavy atom. The first-order valence-electron chi connectivity index (χ1n) is 9.54. The van der Waals surface area contributed by atoms with Crippen LogP contribution in [0.15, 0.2) is 35.6 Å². The van der Waals surface area contributed by atoms with Crippen molar-refractivity contribution < 1.29 is 0 Å². The number of rotatable bonds is 8. The molecule has 142 valence electrons. The largest absolute Gasteiger partial charge is 0.354 e. The number of hydrogen-bond acceptors (Lipinski definition) is 3. The summed E-state index contributed by atoms with van der Waals surface area (Å²) in [6.07, 6.45) is 3.70. The quantitative estimate of drug-likeness (QED) is 0.563. The zero-order valence-electron chi connectivity index (χ0n) is 16.7. The number of aryl methyl sites for hydroxylation is 2. The summed E-state index contributed by atoms with van der Waals surface area (Å²) in [5.74, 6) is 1.85. The van der Waals surface area contributed by atoms with Gasteiger partial charge in [0.1, 0.15) is 12.2 Å².